The highest BCUT2D eigenvalue weighted by atomic mass is 16.5. The van der Waals surface area contributed by atoms with Gasteiger partial charge in [0.1, 0.15) is 17.5 Å². The molecule has 2 heterocycles. The number of nitrogens with one attached hydrogen (secondary N) is 1. The molecule has 2 rings (SSSR count). The molecule has 2 aromatic heterocycles. The molecular weight excluding hydrogens is 258 g/mol. The van der Waals surface area contributed by atoms with Crippen LogP contribution in [0.15, 0.2) is 28.9 Å². The molecule has 2 aromatic rings. The number of nitriles is 1. The summed E-state index contributed by atoms with van der Waals surface area (Å²) in [7, 11) is 1.76. The van der Waals surface area contributed by atoms with Gasteiger partial charge in [0.05, 0.1) is 18.4 Å². The van der Waals surface area contributed by atoms with Gasteiger partial charge in [0.2, 0.25) is 5.91 Å². The largest absolute Gasteiger partial charge is 0.364 e. The third kappa shape index (κ3) is 3.32. The molecular formula is C13H13N5O2. The van der Waals surface area contributed by atoms with Gasteiger partial charge in [0.15, 0.2) is 5.82 Å². The molecule has 7 nitrogen and oxygen atoms in total. The van der Waals surface area contributed by atoms with E-state index < -0.39 is 0 Å². The Labute approximate surface area is 115 Å². The maximum Gasteiger partial charge on any atom is 0.245 e. The minimum absolute atomic E-state index is 0.138. The van der Waals surface area contributed by atoms with Crippen molar-refractivity contribution in [2.24, 2.45) is 0 Å². The standard InChI is InChI=1S/C13H13N5O2/c1-9-5-12(17-20-9)16-13(19)8-18(2)11-4-3-10(6-14)15-7-11/h3-5,7H,8H2,1-2H3,(H,16,17,19). The first-order valence-electron chi connectivity index (χ1n) is 5.89. The maximum absolute atomic E-state index is 11.8. The molecule has 0 atom stereocenters. The molecule has 0 bridgehead atoms. The van der Waals surface area contributed by atoms with Crippen LogP contribution in [-0.2, 0) is 4.79 Å². The quantitative estimate of drug-likeness (QED) is 0.901. The van der Waals surface area contributed by atoms with E-state index in [1.54, 1.807) is 43.3 Å². The molecule has 0 saturated carbocycles. The van der Waals surface area contributed by atoms with E-state index in [0.717, 1.165) is 5.69 Å². The number of carbonyl (C=O) groups excluding carboxylic acids is 1. The van der Waals surface area contributed by atoms with E-state index in [1.807, 2.05) is 6.07 Å². The molecule has 1 N–H and O–H groups in total. The van der Waals surface area contributed by atoms with Crippen molar-refractivity contribution in [3.05, 3.63) is 35.9 Å². The number of anilines is 2. The molecule has 0 aliphatic rings. The smallest absolute Gasteiger partial charge is 0.245 e. The summed E-state index contributed by atoms with van der Waals surface area (Å²) in [4.78, 5) is 17.5. The van der Waals surface area contributed by atoms with Gasteiger partial charge in [0, 0.05) is 13.1 Å². The van der Waals surface area contributed by atoms with Crippen LogP contribution in [0.3, 0.4) is 0 Å². The number of carbonyl (C=O) groups is 1. The summed E-state index contributed by atoms with van der Waals surface area (Å²) in [6.07, 6.45) is 1.55. The van der Waals surface area contributed by atoms with Crippen LogP contribution in [0.2, 0.25) is 0 Å². The molecule has 20 heavy (non-hydrogen) atoms. The number of aryl methyl sites for hydroxylation is 1. The van der Waals surface area contributed by atoms with Crippen molar-refractivity contribution in [3.63, 3.8) is 0 Å². The van der Waals surface area contributed by atoms with Crippen molar-refractivity contribution < 1.29 is 9.32 Å². The van der Waals surface area contributed by atoms with Crippen LogP contribution in [0.1, 0.15) is 11.5 Å². The summed E-state index contributed by atoms with van der Waals surface area (Å²) in [5.41, 5.74) is 1.08. The van der Waals surface area contributed by atoms with Crippen molar-refractivity contribution in [2.45, 2.75) is 6.92 Å². The number of likely N-dealkylation sites (N-methyl/N-ethyl adjacent to an activating group) is 1. The average molecular weight is 271 g/mol. The second-order valence-corrected chi connectivity index (χ2v) is 4.24. The third-order valence-corrected chi connectivity index (χ3v) is 2.58. The highest BCUT2D eigenvalue weighted by Crippen LogP contribution is 2.11. The lowest BCUT2D eigenvalue weighted by Gasteiger charge is -2.17. The Hall–Kier alpha value is -2.88. The number of hydrogen-bond acceptors (Lipinski definition) is 6. The Morgan fingerprint density at radius 3 is 2.90 bits per heavy atom. The van der Waals surface area contributed by atoms with Crippen molar-refractivity contribution in [3.8, 4) is 6.07 Å². The molecule has 0 radical (unpaired) electrons. The first-order chi connectivity index (χ1) is 9.58. The molecule has 0 unspecified atom stereocenters. The Morgan fingerprint density at radius 2 is 2.35 bits per heavy atom. The zero-order chi connectivity index (χ0) is 14.5. The maximum atomic E-state index is 11.8. The molecule has 7 heteroatoms. The summed E-state index contributed by atoms with van der Waals surface area (Å²) in [6, 6.07) is 6.92. The topological polar surface area (TPSA) is 95.1 Å². The molecule has 1 amide bonds. The second-order valence-electron chi connectivity index (χ2n) is 4.24. The zero-order valence-electron chi connectivity index (χ0n) is 11.1. The highest BCUT2D eigenvalue weighted by Gasteiger charge is 2.10. The van der Waals surface area contributed by atoms with Crippen LogP contribution in [0.25, 0.3) is 0 Å². The predicted octanol–water partition coefficient (Wildman–Crippen LogP) is 1.32. The molecule has 0 spiro atoms. The van der Waals surface area contributed by atoms with Crippen LogP contribution >= 0.6 is 0 Å². The van der Waals surface area contributed by atoms with Crippen LogP contribution in [-0.4, -0.2) is 29.6 Å². The van der Waals surface area contributed by atoms with E-state index in [9.17, 15) is 4.79 Å². The van der Waals surface area contributed by atoms with Gasteiger partial charge in [-0.2, -0.15) is 5.26 Å². The summed E-state index contributed by atoms with van der Waals surface area (Å²) >= 11 is 0. The van der Waals surface area contributed by atoms with Crippen LogP contribution in [0.5, 0.6) is 0 Å². The first kappa shape index (κ1) is 13.5. The van der Waals surface area contributed by atoms with Crippen LogP contribution in [0.4, 0.5) is 11.5 Å². The molecule has 0 aromatic carbocycles. The number of hydrogen-bond donors (Lipinski definition) is 1. The number of nitrogens with zero attached hydrogens (tertiary/aromatic N) is 4. The van der Waals surface area contributed by atoms with Gasteiger partial charge in [-0.05, 0) is 19.1 Å². The molecule has 102 valence electrons. The lowest BCUT2D eigenvalue weighted by molar-refractivity contribution is -0.115. The van der Waals surface area contributed by atoms with E-state index in [4.69, 9.17) is 9.78 Å². The molecule has 0 saturated heterocycles. The van der Waals surface area contributed by atoms with Crippen LogP contribution < -0.4 is 10.2 Å². The van der Waals surface area contributed by atoms with E-state index in [1.165, 1.54) is 0 Å². The van der Waals surface area contributed by atoms with Crippen LogP contribution in [0, 0.1) is 18.3 Å². The minimum Gasteiger partial charge on any atom is -0.364 e. The third-order valence-electron chi connectivity index (χ3n) is 2.58. The number of aromatic nitrogens is 2. The Kier molecular flexibility index (Phi) is 3.96. The Balaban J connectivity index is 1.94. The van der Waals surface area contributed by atoms with Gasteiger partial charge >= 0.3 is 0 Å². The summed E-state index contributed by atoms with van der Waals surface area (Å²) in [5, 5.41) is 15.0. The van der Waals surface area contributed by atoms with Gasteiger partial charge < -0.3 is 14.7 Å². The second kappa shape index (κ2) is 5.84. The number of amides is 1. The van der Waals surface area contributed by atoms with E-state index in [-0.39, 0.29) is 12.5 Å². The molecule has 0 aliphatic heterocycles. The van der Waals surface area contributed by atoms with Gasteiger partial charge in [-0.25, -0.2) is 4.98 Å². The van der Waals surface area contributed by atoms with E-state index in [2.05, 4.69) is 15.5 Å². The van der Waals surface area contributed by atoms with Crippen molar-refractivity contribution in [1.82, 2.24) is 10.1 Å². The normalized spacial score (nSPS) is 9.85. The van der Waals surface area contributed by atoms with Gasteiger partial charge in [-0.15, -0.1) is 0 Å². The van der Waals surface area contributed by atoms with E-state index >= 15 is 0 Å². The minimum atomic E-state index is -0.217. The predicted molar refractivity (Wildman–Crippen MR) is 72.1 cm³/mol. The summed E-state index contributed by atoms with van der Waals surface area (Å²) in [6.45, 7) is 1.89. The summed E-state index contributed by atoms with van der Waals surface area (Å²) < 4.78 is 4.86. The fourth-order valence-electron chi connectivity index (χ4n) is 1.59. The van der Waals surface area contributed by atoms with Crippen molar-refractivity contribution >= 4 is 17.4 Å². The summed E-state index contributed by atoms with van der Waals surface area (Å²) in [5.74, 6) is 0.800. The van der Waals surface area contributed by atoms with Crippen molar-refractivity contribution in [1.29, 1.82) is 5.26 Å². The van der Waals surface area contributed by atoms with Crippen molar-refractivity contribution in [2.75, 3.05) is 23.8 Å². The first-order valence-corrected chi connectivity index (χ1v) is 5.89. The lowest BCUT2D eigenvalue weighted by atomic mass is 10.3. The molecule has 0 fully saturated rings. The fourth-order valence-corrected chi connectivity index (χ4v) is 1.59. The lowest BCUT2D eigenvalue weighted by Crippen LogP contribution is -2.30. The average Bonchev–Trinajstić information content (AvgIpc) is 2.84. The van der Waals surface area contributed by atoms with Gasteiger partial charge in [-0.3, -0.25) is 4.79 Å². The zero-order valence-corrected chi connectivity index (χ0v) is 11.1. The monoisotopic (exact) mass is 271 g/mol. The van der Waals surface area contributed by atoms with Gasteiger partial charge in [0.25, 0.3) is 0 Å². The van der Waals surface area contributed by atoms with E-state index in [0.29, 0.717) is 17.3 Å². The number of pyridine rings is 1. The molecule has 0 aliphatic carbocycles. The Morgan fingerprint density at radius 1 is 1.55 bits per heavy atom. The SMILES string of the molecule is Cc1cc(NC(=O)CN(C)c2ccc(C#N)nc2)no1. The number of rotatable bonds is 4. The van der Waals surface area contributed by atoms with Gasteiger partial charge in [-0.1, -0.05) is 5.16 Å². The highest BCUT2D eigenvalue weighted by molar-refractivity contribution is 5.93. The fraction of sp³-hybridized carbons (Fsp3) is 0.231. The Bertz CT molecular complexity index is 642.